The van der Waals surface area contributed by atoms with E-state index in [0.717, 1.165) is 57.1 Å². The number of fused-ring (bicyclic) bond motifs is 2. The molecule has 2 heterocycles. The van der Waals surface area contributed by atoms with Crippen LogP contribution in [0.1, 0.15) is 48.2 Å². The summed E-state index contributed by atoms with van der Waals surface area (Å²) in [6, 6.07) is 17.9. The van der Waals surface area contributed by atoms with E-state index in [1.165, 1.54) is 6.26 Å². The zero-order valence-electron chi connectivity index (χ0n) is 23.5. The first kappa shape index (κ1) is 28.5. The summed E-state index contributed by atoms with van der Waals surface area (Å²) in [7, 11) is -3.03. The number of aromatic nitrogens is 2. The monoisotopic (exact) mass is 577 g/mol. The van der Waals surface area contributed by atoms with Crippen LogP contribution >= 0.6 is 0 Å². The number of ether oxygens (including phenoxy) is 2. The van der Waals surface area contributed by atoms with Gasteiger partial charge in [0.25, 0.3) is 0 Å². The Bertz CT molecular complexity index is 1700. The summed E-state index contributed by atoms with van der Waals surface area (Å²) in [6.45, 7) is 5.46. The van der Waals surface area contributed by atoms with Crippen molar-refractivity contribution in [2.75, 3.05) is 30.5 Å². The fraction of sp³-hybridized carbons (Fsp3) is 0.355. The standard InChI is InChI=1S/C31H35N3O6S/c1-4-29-33-31-26(10-6-11-27(31)39-14-7-15-41(3,37)38)34(29)25-9-5-8-21(20(25)2)18-32-23-12-13-24-22(16-30(35)36)19-40-28(24)17-23/h5-6,8-13,17,22,32H,4,7,14-16,18-19H2,1-3H3,(H,35,36)/t22-/m1/s1. The number of anilines is 1. The molecule has 0 bridgehead atoms. The molecule has 0 radical (unpaired) electrons. The molecule has 0 saturated heterocycles. The van der Waals surface area contributed by atoms with Crippen LogP contribution in [0.3, 0.4) is 0 Å². The molecule has 41 heavy (non-hydrogen) atoms. The van der Waals surface area contributed by atoms with Crippen molar-refractivity contribution in [1.29, 1.82) is 0 Å². The average molecular weight is 578 g/mol. The highest BCUT2D eigenvalue weighted by atomic mass is 32.2. The van der Waals surface area contributed by atoms with Crippen LogP contribution in [0.4, 0.5) is 5.69 Å². The van der Waals surface area contributed by atoms with Crippen LogP contribution in [-0.2, 0) is 27.6 Å². The number of nitrogens with one attached hydrogen (secondary N) is 1. The first-order valence-corrected chi connectivity index (χ1v) is 15.8. The minimum Gasteiger partial charge on any atom is -0.493 e. The van der Waals surface area contributed by atoms with Crippen LogP contribution in [0.25, 0.3) is 16.7 Å². The van der Waals surface area contributed by atoms with Gasteiger partial charge in [0.05, 0.1) is 36.6 Å². The van der Waals surface area contributed by atoms with Gasteiger partial charge in [0.1, 0.15) is 32.7 Å². The Morgan fingerprint density at radius 2 is 2.00 bits per heavy atom. The second kappa shape index (κ2) is 11.8. The lowest BCUT2D eigenvalue weighted by Gasteiger charge is -2.16. The van der Waals surface area contributed by atoms with Crippen molar-refractivity contribution in [3.8, 4) is 17.2 Å². The predicted octanol–water partition coefficient (Wildman–Crippen LogP) is 5.27. The van der Waals surface area contributed by atoms with E-state index >= 15 is 0 Å². The molecule has 0 amide bonds. The highest BCUT2D eigenvalue weighted by molar-refractivity contribution is 7.90. The van der Waals surface area contributed by atoms with Gasteiger partial charge in [-0.1, -0.05) is 31.2 Å². The molecular formula is C31H35N3O6S. The van der Waals surface area contributed by atoms with Crippen LogP contribution in [0.2, 0.25) is 0 Å². The number of imidazole rings is 1. The molecule has 0 fully saturated rings. The molecule has 3 aromatic carbocycles. The maximum Gasteiger partial charge on any atom is 0.304 e. The molecule has 0 saturated carbocycles. The van der Waals surface area contributed by atoms with Crippen molar-refractivity contribution >= 4 is 32.5 Å². The van der Waals surface area contributed by atoms with Gasteiger partial charge in [-0.2, -0.15) is 0 Å². The summed E-state index contributed by atoms with van der Waals surface area (Å²) >= 11 is 0. The van der Waals surface area contributed by atoms with Crippen molar-refractivity contribution in [2.45, 2.75) is 45.6 Å². The highest BCUT2D eigenvalue weighted by Crippen LogP contribution is 2.38. The van der Waals surface area contributed by atoms with Gasteiger partial charge in [0, 0.05) is 42.5 Å². The van der Waals surface area contributed by atoms with E-state index in [1.54, 1.807) is 0 Å². The van der Waals surface area contributed by atoms with Crippen LogP contribution in [0.15, 0.2) is 54.6 Å². The largest absolute Gasteiger partial charge is 0.493 e. The maximum absolute atomic E-state index is 11.5. The first-order valence-electron chi connectivity index (χ1n) is 13.8. The molecule has 10 heteroatoms. The number of carboxylic acid groups (broad SMARTS) is 1. The van der Waals surface area contributed by atoms with Gasteiger partial charge in [0.2, 0.25) is 0 Å². The van der Waals surface area contributed by atoms with Gasteiger partial charge in [-0.3, -0.25) is 9.36 Å². The SMILES string of the molecule is CCc1nc2c(OCCCS(C)(=O)=O)cccc2n1-c1cccc(CNc2ccc3c(c2)OC[C@H]3CC(=O)O)c1C. The molecule has 1 atom stereocenters. The molecule has 4 aromatic rings. The molecule has 1 aromatic heterocycles. The van der Waals surface area contributed by atoms with Crippen molar-refractivity contribution < 1.29 is 27.8 Å². The van der Waals surface area contributed by atoms with Crippen LogP contribution in [-0.4, -0.2) is 54.3 Å². The summed E-state index contributed by atoms with van der Waals surface area (Å²) in [4.78, 5) is 16.1. The number of aryl methyl sites for hydroxylation is 1. The number of sulfone groups is 1. The predicted molar refractivity (Wildman–Crippen MR) is 159 cm³/mol. The van der Waals surface area contributed by atoms with E-state index in [-0.39, 0.29) is 18.1 Å². The average Bonchev–Trinajstić information content (AvgIpc) is 3.51. The van der Waals surface area contributed by atoms with E-state index in [2.05, 4.69) is 35.9 Å². The summed E-state index contributed by atoms with van der Waals surface area (Å²) in [6.07, 6.45) is 2.44. The molecule has 0 aliphatic carbocycles. The lowest BCUT2D eigenvalue weighted by Crippen LogP contribution is -2.08. The molecular weight excluding hydrogens is 542 g/mol. The van der Waals surface area contributed by atoms with E-state index in [0.29, 0.717) is 31.9 Å². The van der Waals surface area contributed by atoms with Crippen LogP contribution in [0.5, 0.6) is 11.5 Å². The Balaban J connectivity index is 1.37. The summed E-state index contributed by atoms with van der Waals surface area (Å²) < 4.78 is 36.9. The third-order valence-electron chi connectivity index (χ3n) is 7.41. The first-order chi connectivity index (χ1) is 19.6. The lowest BCUT2D eigenvalue weighted by molar-refractivity contribution is -0.137. The van der Waals surface area contributed by atoms with Crippen LogP contribution < -0.4 is 14.8 Å². The number of carbonyl (C=O) groups is 1. The minimum absolute atomic E-state index is 0.0608. The van der Waals surface area contributed by atoms with Gasteiger partial charge < -0.3 is 19.9 Å². The number of benzene rings is 3. The second-order valence-electron chi connectivity index (χ2n) is 10.4. The molecule has 216 valence electrons. The van der Waals surface area contributed by atoms with E-state index < -0.39 is 15.8 Å². The third-order valence-corrected chi connectivity index (χ3v) is 8.44. The molecule has 1 aliphatic heterocycles. The topological polar surface area (TPSA) is 120 Å². The summed E-state index contributed by atoms with van der Waals surface area (Å²) in [5.41, 5.74) is 6.82. The number of para-hydroxylation sites is 1. The fourth-order valence-corrected chi connectivity index (χ4v) is 5.96. The van der Waals surface area contributed by atoms with Gasteiger partial charge in [-0.25, -0.2) is 13.4 Å². The molecule has 2 N–H and O–H groups in total. The summed E-state index contributed by atoms with van der Waals surface area (Å²) in [5.74, 6) is 1.43. The second-order valence-corrected chi connectivity index (χ2v) is 12.7. The molecule has 0 spiro atoms. The molecule has 5 rings (SSSR count). The van der Waals surface area contributed by atoms with Crippen molar-refractivity contribution in [1.82, 2.24) is 9.55 Å². The number of aliphatic carboxylic acids is 1. The number of nitrogens with zero attached hydrogens (tertiary/aromatic N) is 2. The number of hydrogen-bond acceptors (Lipinski definition) is 7. The zero-order valence-corrected chi connectivity index (χ0v) is 24.3. The summed E-state index contributed by atoms with van der Waals surface area (Å²) in [5, 5.41) is 12.6. The van der Waals surface area contributed by atoms with Gasteiger partial charge in [-0.05, 0) is 48.7 Å². The lowest BCUT2D eigenvalue weighted by atomic mass is 9.98. The number of hydrogen-bond donors (Lipinski definition) is 2. The van der Waals surface area contributed by atoms with E-state index in [9.17, 15) is 13.2 Å². The maximum atomic E-state index is 11.5. The van der Waals surface area contributed by atoms with Crippen molar-refractivity contribution in [2.24, 2.45) is 0 Å². The Morgan fingerprint density at radius 1 is 1.20 bits per heavy atom. The number of carboxylic acids is 1. The van der Waals surface area contributed by atoms with Crippen molar-refractivity contribution in [3.05, 3.63) is 77.1 Å². The van der Waals surface area contributed by atoms with E-state index in [1.807, 2.05) is 42.5 Å². The quantitative estimate of drug-likeness (QED) is 0.219. The Hall–Kier alpha value is -4.05. The van der Waals surface area contributed by atoms with Crippen LogP contribution in [0, 0.1) is 6.92 Å². The Kier molecular flexibility index (Phi) is 8.21. The Morgan fingerprint density at radius 3 is 2.76 bits per heavy atom. The van der Waals surface area contributed by atoms with E-state index in [4.69, 9.17) is 19.6 Å². The van der Waals surface area contributed by atoms with Gasteiger partial charge in [0.15, 0.2) is 0 Å². The normalized spacial score (nSPS) is 14.6. The number of rotatable bonds is 12. The highest BCUT2D eigenvalue weighted by Gasteiger charge is 2.26. The third kappa shape index (κ3) is 6.32. The molecule has 0 unspecified atom stereocenters. The minimum atomic E-state index is -3.03. The smallest absolute Gasteiger partial charge is 0.304 e. The van der Waals surface area contributed by atoms with Crippen molar-refractivity contribution in [3.63, 3.8) is 0 Å². The zero-order chi connectivity index (χ0) is 29.1. The van der Waals surface area contributed by atoms with Gasteiger partial charge >= 0.3 is 5.97 Å². The van der Waals surface area contributed by atoms with Gasteiger partial charge in [-0.15, -0.1) is 0 Å². The fourth-order valence-electron chi connectivity index (χ4n) is 5.31. The molecule has 9 nitrogen and oxygen atoms in total. The molecule has 1 aliphatic rings. The Labute approximate surface area is 240 Å².